The average Bonchev–Trinajstić information content (AvgIpc) is 2.25. The number of hydrogen-bond acceptors (Lipinski definition) is 4. The molecule has 0 radical (unpaired) electrons. The lowest BCUT2D eigenvalue weighted by Gasteiger charge is -2.14. The molecule has 1 aromatic rings. The normalized spacial score (nSPS) is 11.6. The van der Waals surface area contributed by atoms with Gasteiger partial charge in [-0.05, 0) is 28.7 Å². The Labute approximate surface area is 123 Å². The fraction of sp³-hybridized carbons (Fsp3) is 0.400. The van der Waals surface area contributed by atoms with Crippen LogP contribution in [0.5, 0.6) is 5.88 Å². The van der Waals surface area contributed by atoms with Gasteiger partial charge in [-0.15, -0.1) is 13.2 Å². The van der Waals surface area contributed by atoms with Crippen LogP contribution in [0.1, 0.15) is 17.7 Å². The van der Waals surface area contributed by atoms with E-state index in [9.17, 15) is 26.7 Å². The topological polar surface area (TPSA) is 48.4 Å². The van der Waals surface area contributed by atoms with Crippen LogP contribution in [0.25, 0.3) is 0 Å². The van der Waals surface area contributed by atoms with Crippen molar-refractivity contribution >= 4 is 28.6 Å². The molecule has 0 N–H and O–H groups in total. The Kier molecular flexibility index (Phi) is 5.48. The highest BCUT2D eigenvalue weighted by Crippen LogP contribution is 2.35. The number of hydrogen-bond donors (Lipinski definition) is 0. The largest absolute Gasteiger partial charge is 0.574 e. The molecule has 0 aliphatic heterocycles. The smallest absolute Gasteiger partial charge is 0.469 e. The summed E-state index contributed by atoms with van der Waals surface area (Å²) in [6, 6.07) is 1.07. The number of rotatable bonds is 4. The fourth-order valence-electron chi connectivity index (χ4n) is 1.24. The molecular formula is C10H7F5INO3. The quantitative estimate of drug-likeness (QED) is 0.434. The average molecular weight is 411 g/mol. The van der Waals surface area contributed by atoms with Gasteiger partial charge in [-0.3, -0.25) is 4.79 Å². The van der Waals surface area contributed by atoms with Crippen molar-refractivity contribution in [1.29, 1.82) is 0 Å². The van der Waals surface area contributed by atoms with Crippen LogP contribution in [-0.2, 0) is 16.0 Å². The summed E-state index contributed by atoms with van der Waals surface area (Å²) in [7, 11) is 1.08. The van der Waals surface area contributed by atoms with E-state index in [1.807, 2.05) is 0 Å². The zero-order valence-electron chi connectivity index (χ0n) is 9.80. The molecule has 1 aromatic heterocycles. The summed E-state index contributed by atoms with van der Waals surface area (Å²) >= 11 is 1.42. The summed E-state index contributed by atoms with van der Waals surface area (Å²) in [5.74, 6) is -2.03. The highest BCUT2D eigenvalue weighted by molar-refractivity contribution is 14.1. The van der Waals surface area contributed by atoms with Gasteiger partial charge in [0.25, 0.3) is 6.43 Å². The molecule has 0 atom stereocenters. The number of halogens is 6. The Morgan fingerprint density at radius 1 is 1.45 bits per heavy atom. The van der Waals surface area contributed by atoms with Crippen molar-refractivity contribution in [3.63, 3.8) is 0 Å². The number of ether oxygens (including phenoxy) is 2. The second kappa shape index (κ2) is 6.50. The first kappa shape index (κ1) is 16.9. The maximum Gasteiger partial charge on any atom is 0.574 e. The molecule has 0 aromatic carbocycles. The van der Waals surface area contributed by atoms with Crippen LogP contribution in [0.15, 0.2) is 6.07 Å². The predicted octanol–water partition coefficient (Wildman–Crippen LogP) is 3.24. The van der Waals surface area contributed by atoms with Gasteiger partial charge in [-0.25, -0.2) is 13.8 Å². The Hall–Kier alpha value is -1.20. The summed E-state index contributed by atoms with van der Waals surface area (Å²) in [5.41, 5.74) is -1.14. The van der Waals surface area contributed by atoms with E-state index in [-0.39, 0.29) is 9.26 Å². The van der Waals surface area contributed by atoms with Gasteiger partial charge >= 0.3 is 12.3 Å². The van der Waals surface area contributed by atoms with Crippen LogP contribution in [0.2, 0.25) is 0 Å². The van der Waals surface area contributed by atoms with Crippen LogP contribution in [-0.4, -0.2) is 24.4 Å². The van der Waals surface area contributed by atoms with Gasteiger partial charge in [0.2, 0.25) is 5.88 Å². The lowest BCUT2D eigenvalue weighted by atomic mass is 10.2. The summed E-state index contributed by atoms with van der Waals surface area (Å²) < 4.78 is 69.6. The van der Waals surface area contributed by atoms with E-state index in [1.165, 1.54) is 22.6 Å². The van der Waals surface area contributed by atoms with E-state index in [1.54, 1.807) is 0 Å². The Morgan fingerprint density at radius 2 is 2.05 bits per heavy atom. The Balaban J connectivity index is 3.24. The molecule has 20 heavy (non-hydrogen) atoms. The first-order valence-electron chi connectivity index (χ1n) is 4.94. The molecule has 0 saturated heterocycles. The fourth-order valence-corrected chi connectivity index (χ4v) is 2.07. The highest BCUT2D eigenvalue weighted by atomic mass is 127. The lowest BCUT2D eigenvalue weighted by Crippen LogP contribution is -2.20. The first-order valence-corrected chi connectivity index (χ1v) is 6.02. The Morgan fingerprint density at radius 3 is 2.50 bits per heavy atom. The summed E-state index contributed by atoms with van der Waals surface area (Å²) in [6.45, 7) is 0. The van der Waals surface area contributed by atoms with Crippen molar-refractivity contribution in [2.45, 2.75) is 19.2 Å². The van der Waals surface area contributed by atoms with E-state index < -0.39 is 36.6 Å². The number of carbonyl (C=O) groups is 1. The second-order valence-electron chi connectivity index (χ2n) is 3.42. The summed E-state index contributed by atoms with van der Waals surface area (Å²) in [6.07, 6.45) is -8.81. The molecule has 0 bridgehead atoms. The van der Waals surface area contributed by atoms with Crippen molar-refractivity contribution < 1.29 is 36.2 Å². The number of nitrogens with zero attached hydrogens (tertiary/aromatic N) is 1. The molecule has 0 amide bonds. The minimum atomic E-state index is -5.16. The maximum absolute atomic E-state index is 12.7. The molecule has 0 aliphatic carbocycles. The van der Waals surface area contributed by atoms with E-state index >= 15 is 0 Å². The van der Waals surface area contributed by atoms with Crippen molar-refractivity contribution in [2.75, 3.05) is 7.11 Å². The monoisotopic (exact) mass is 411 g/mol. The van der Waals surface area contributed by atoms with Crippen molar-refractivity contribution in [1.82, 2.24) is 4.98 Å². The zero-order valence-corrected chi connectivity index (χ0v) is 12.0. The number of pyridine rings is 1. The van der Waals surface area contributed by atoms with Gasteiger partial charge < -0.3 is 9.47 Å². The van der Waals surface area contributed by atoms with Gasteiger partial charge in [-0.1, -0.05) is 0 Å². The zero-order chi connectivity index (χ0) is 15.5. The number of alkyl halides is 5. The van der Waals surface area contributed by atoms with Gasteiger partial charge in [0.05, 0.1) is 24.8 Å². The third-order valence-corrected chi connectivity index (χ3v) is 2.90. The molecule has 0 unspecified atom stereocenters. The van der Waals surface area contributed by atoms with Gasteiger partial charge in [-0.2, -0.15) is 0 Å². The molecule has 1 heterocycles. The molecule has 0 saturated carbocycles. The summed E-state index contributed by atoms with van der Waals surface area (Å²) in [5, 5.41) is 0. The van der Waals surface area contributed by atoms with E-state index in [0.29, 0.717) is 0 Å². The van der Waals surface area contributed by atoms with Crippen LogP contribution in [0.3, 0.4) is 0 Å². The van der Waals surface area contributed by atoms with Crippen LogP contribution >= 0.6 is 22.6 Å². The number of methoxy groups -OCH3 is 1. The van der Waals surface area contributed by atoms with Gasteiger partial charge in [0, 0.05) is 3.57 Å². The maximum atomic E-state index is 12.7. The number of aromatic nitrogens is 1. The number of carbonyl (C=O) groups excluding carboxylic acids is 1. The molecule has 10 heteroatoms. The minimum Gasteiger partial charge on any atom is -0.469 e. The van der Waals surface area contributed by atoms with Crippen LogP contribution < -0.4 is 4.74 Å². The standard InChI is InChI=1S/C10H7F5INO3/c1-19-6(18)3-4-2-5(16)7(8(11)12)9(17-4)20-10(13,14)15/h2,8H,3H2,1H3. The molecule has 1 rings (SSSR count). The minimum absolute atomic E-state index is 0.162. The van der Waals surface area contributed by atoms with Crippen molar-refractivity contribution in [2.24, 2.45) is 0 Å². The lowest BCUT2D eigenvalue weighted by molar-refractivity contribution is -0.276. The number of esters is 1. The third kappa shape index (κ3) is 4.72. The summed E-state index contributed by atoms with van der Waals surface area (Å²) in [4.78, 5) is 14.3. The second-order valence-corrected chi connectivity index (χ2v) is 4.58. The predicted molar refractivity (Wildman–Crippen MR) is 64.3 cm³/mol. The van der Waals surface area contributed by atoms with E-state index in [4.69, 9.17) is 0 Å². The molecule has 112 valence electrons. The molecule has 0 aliphatic rings. The molecule has 0 spiro atoms. The molecule has 4 nitrogen and oxygen atoms in total. The van der Waals surface area contributed by atoms with E-state index in [0.717, 1.165) is 13.2 Å². The van der Waals surface area contributed by atoms with Crippen LogP contribution in [0, 0.1) is 3.57 Å². The third-order valence-electron chi connectivity index (χ3n) is 2.01. The van der Waals surface area contributed by atoms with Gasteiger partial charge in [0.1, 0.15) is 0 Å². The first-order chi connectivity index (χ1) is 9.14. The Bertz CT molecular complexity index is 506. The van der Waals surface area contributed by atoms with Gasteiger partial charge in [0.15, 0.2) is 0 Å². The van der Waals surface area contributed by atoms with E-state index in [2.05, 4.69) is 14.5 Å². The SMILES string of the molecule is COC(=O)Cc1cc(I)c(C(F)F)c(OC(F)(F)F)n1. The van der Waals surface area contributed by atoms with Crippen molar-refractivity contribution in [3.8, 4) is 5.88 Å². The van der Waals surface area contributed by atoms with Crippen molar-refractivity contribution in [3.05, 3.63) is 20.9 Å². The molecular weight excluding hydrogens is 404 g/mol. The highest BCUT2D eigenvalue weighted by Gasteiger charge is 2.35. The molecule has 0 fully saturated rings. The van der Waals surface area contributed by atoms with Crippen LogP contribution in [0.4, 0.5) is 22.0 Å².